The second-order valence-corrected chi connectivity index (χ2v) is 4.83. The number of aromatic amines is 1. The lowest BCUT2D eigenvalue weighted by Gasteiger charge is -2.32. The van der Waals surface area contributed by atoms with Crippen LogP contribution in [0.15, 0.2) is 30.6 Å². The van der Waals surface area contributed by atoms with E-state index in [-0.39, 0.29) is 18.5 Å². The number of hydrogen-bond acceptors (Lipinski definition) is 3. The SMILES string of the molecule is O=C(O)C1Cc2nc[nH]c2CN1C(=O)c1ccc(F)cc1. The van der Waals surface area contributed by atoms with E-state index in [0.29, 0.717) is 5.69 Å². The fourth-order valence-electron chi connectivity index (χ4n) is 2.43. The summed E-state index contributed by atoms with van der Waals surface area (Å²) in [4.78, 5) is 32.1. The number of halogens is 1. The van der Waals surface area contributed by atoms with Gasteiger partial charge in [0.15, 0.2) is 0 Å². The molecule has 7 heteroatoms. The number of amides is 1. The van der Waals surface area contributed by atoms with E-state index < -0.39 is 23.7 Å². The molecule has 0 spiro atoms. The van der Waals surface area contributed by atoms with Gasteiger partial charge in [0.2, 0.25) is 0 Å². The number of carboxylic acids is 1. The molecule has 2 N–H and O–H groups in total. The molecule has 3 rings (SSSR count). The molecule has 0 saturated carbocycles. The Labute approximate surface area is 119 Å². The van der Waals surface area contributed by atoms with Crippen molar-refractivity contribution in [2.24, 2.45) is 0 Å². The molecule has 0 saturated heterocycles. The molecule has 0 radical (unpaired) electrons. The summed E-state index contributed by atoms with van der Waals surface area (Å²) in [7, 11) is 0. The van der Waals surface area contributed by atoms with Crippen LogP contribution in [0.2, 0.25) is 0 Å². The lowest BCUT2D eigenvalue weighted by atomic mass is 10.0. The molecule has 2 aromatic rings. The van der Waals surface area contributed by atoms with Crippen LogP contribution in [0.25, 0.3) is 0 Å². The molecule has 1 aromatic heterocycles. The highest BCUT2D eigenvalue weighted by molar-refractivity contribution is 5.96. The van der Waals surface area contributed by atoms with Gasteiger partial charge in [-0.05, 0) is 24.3 Å². The highest BCUT2D eigenvalue weighted by Crippen LogP contribution is 2.23. The number of aromatic nitrogens is 2. The number of rotatable bonds is 2. The van der Waals surface area contributed by atoms with Crippen LogP contribution in [0.3, 0.4) is 0 Å². The Kier molecular flexibility index (Phi) is 3.17. The van der Waals surface area contributed by atoms with Crippen molar-refractivity contribution in [1.29, 1.82) is 0 Å². The molecule has 0 bridgehead atoms. The number of aliphatic carboxylic acids is 1. The number of imidazole rings is 1. The Morgan fingerprint density at radius 1 is 1.33 bits per heavy atom. The Bertz CT molecular complexity index is 696. The third kappa shape index (κ3) is 2.37. The van der Waals surface area contributed by atoms with Crippen molar-refractivity contribution >= 4 is 11.9 Å². The van der Waals surface area contributed by atoms with E-state index in [0.717, 1.165) is 5.69 Å². The maximum absolute atomic E-state index is 12.9. The van der Waals surface area contributed by atoms with Gasteiger partial charge in [-0.15, -0.1) is 0 Å². The monoisotopic (exact) mass is 289 g/mol. The first kappa shape index (κ1) is 13.3. The predicted molar refractivity (Wildman–Crippen MR) is 70.0 cm³/mol. The molecule has 1 aliphatic rings. The zero-order valence-corrected chi connectivity index (χ0v) is 10.9. The highest BCUT2D eigenvalue weighted by Gasteiger charge is 2.36. The van der Waals surface area contributed by atoms with Gasteiger partial charge in [-0.25, -0.2) is 14.2 Å². The first-order chi connectivity index (χ1) is 10.1. The summed E-state index contributed by atoms with van der Waals surface area (Å²) in [5, 5.41) is 9.32. The van der Waals surface area contributed by atoms with E-state index in [1.807, 2.05) is 0 Å². The van der Waals surface area contributed by atoms with E-state index in [1.165, 1.54) is 35.5 Å². The number of H-pyrrole nitrogens is 1. The summed E-state index contributed by atoms with van der Waals surface area (Å²) < 4.78 is 12.9. The van der Waals surface area contributed by atoms with Crippen LogP contribution in [0.5, 0.6) is 0 Å². The maximum atomic E-state index is 12.9. The third-order valence-electron chi connectivity index (χ3n) is 3.54. The van der Waals surface area contributed by atoms with E-state index in [1.54, 1.807) is 0 Å². The molecular weight excluding hydrogens is 277 g/mol. The van der Waals surface area contributed by atoms with Crippen molar-refractivity contribution < 1.29 is 19.1 Å². The molecule has 1 aromatic carbocycles. The summed E-state index contributed by atoms with van der Waals surface area (Å²) in [6, 6.07) is 4.07. The lowest BCUT2D eigenvalue weighted by molar-refractivity contribution is -0.142. The molecule has 21 heavy (non-hydrogen) atoms. The highest BCUT2D eigenvalue weighted by atomic mass is 19.1. The van der Waals surface area contributed by atoms with E-state index in [4.69, 9.17) is 0 Å². The number of hydrogen-bond donors (Lipinski definition) is 2. The summed E-state index contributed by atoms with van der Waals surface area (Å²) in [6.45, 7) is 0.141. The van der Waals surface area contributed by atoms with Crippen LogP contribution in [-0.2, 0) is 17.8 Å². The Hall–Kier alpha value is -2.70. The predicted octanol–water partition coefficient (Wildman–Crippen LogP) is 1.20. The van der Waals surface area contributed by atoms with Crippen LogP contribution in [-0.4, -0.2) is 37.9 Å². The fourth-order valence-corrected chi connectivity index (χ4v) is 2.43. The molecule has 6 nitrogen and oxygen atoms in total. The molecule has 2 heterocycles. The topological polar surface area (TPSA) is 86.3 Å². The normalized spacial score (nSPS) is 17.4. The average Bonchev–Trinajstić information content (AvgIpc) is 2.93. The number of carboxylic acid groups (broad SMARTS) is 1. The summed E-state index contributed by atoms with van der Waals surface area (Å²) in [5.74, 6) is -1.97. The van der Waals surface area contributed by atoms with E-state index in [2.05, 4.69) is 9.97 Å². The number of carbonyl (C=O) groups excluding carboxylic acids is 1. The minimum atomic E-state index is -1.08. The second kappa shape index (κ2) is 5.01. The quantitative estimate of drug-likeness (QED) is 0.869. The van der Waals surface area contributed by atoms with E-state index in [9.17, 15) is 19.1 Å². The molecule has 0 fully saturated rings. The van der Waals surface area contributed by atoms with Crippen molar-refractivity contribution in [1.82, 2.24) is 14.9 Å². The molecule has 0 aliphatic carbocycles. The largest absolute Gasteiger partial charge is 0.480 e. The fraction of sp³-hybridized carbons (Fsp3) is 0.214. The number of nitrogens with zero attached hydrogens (tertiary/aromatic N) is 2. The number of fused-ring (bicyclic) bond motifs is 1. The molecule has 1 unspecified atom stereocenters. The van der Waals surface area contributed by atoms with Crippen LogP contribution < -0.4 is 0 Å². The standard InChI is InChI=1S/C14H12FN3O3/c15-9-3-1-8(2-4-9)13(19)18-6-11-10(16-7-17-11)5-12(18)14(20)21/h1-4,7,12H,5-6H2,(H,16,17)(H,20,21). The van der Waals surface area contributed by atoms with Gasteiger partial charge >= 0.3 is 5.97 Å². The minimum absolute atomic E-state index is 0.141. The first-order valence-electron chi connectivity index (χ1n) is 6.36. The Morgan fingerprint density at radius 3 is 2.71 bits per heavy atom. The molecular formula is C14H12FN3O3. The second-order valence-electron chi connectivity index (χ2n) is 4.83. The van der Waals surface area contributed by atoms with Gasteiger partial charge in [-0.1, -0.05) is 0 Å². The number of carbonyl (C=O) groups is 2. The summed E-state index contributed by atoms with van der Waals surface area (Å²) >= 11 is 0. The van der Waals surface area contributed by atoms with Gasteiger partial charge in [0.25, 0.3) is 5.91 Å². The average molecular weight is 289 g/mol. The third-order valence-corrected chi connectivity index (χ3v) is 3.54. The van der Waals surface area contributed by atoms with Crippen molar-refractivity contribution in [3.8, 4) is 0 Å². The van der Waals surface area contributed by atoms with Crippen LogP contribution >= 0.6 is 0 Å². The van der Waals surface area contributed by atoms with Crippen molar-refractivity contribution in [3.05, 3.63) is 53.4 Å². The van der Waals surface area contributed by atoms with Gasteiger partial charge in [0.1, 0.15) is 11.9 Å². The number of benzene rings is 1. The zero-order chi connectivity index (χ0) is 15.0. The van der Waals surface area contributed by atoms with Crippen molar-refractivity contribution in [2.45, 2.75) is 19.0 Å². The van der Waals surface area contributed by atoms with Crippen LogP contribution in [0.1, 0.15) is 21.7 Å². The van der Waals surface area contributed by atoms with E-state index >= 15 is 0 Å². The Balaban J connectivity index is 1.93. The smallest absolute Gasteiger partial charge is 0.326 e. The first-order valence-corrected chi connectivity index (χ1v) is 6.36. The van der Waals surface area contributed by atoms with Gasteiger partial charge < -0.3 is 15.0 Å². The molecule has 1 amide bonds. The van der Waals surface area contributed by atoms with Crippen LogP contribution in [0, 0.1) is 5.82 Å². The molecule has 108 valence electrons. The van der Waals surface area contributed by atoms with Crippen molar-refractivity contribution in [2.75, 3.05) is 0 Å². The summed E-state index contributed by atoms with van der Waals surface area (Å²) in [6.07, 6.45) is 1.64. The summed E-state index contributed by atoms with van der Waals surface area (Å²) in [5.41, 5.74) is 1.64. The molecule has 1 aliphatic heterocycles. The minimum Gasteiger partial charge on any atom is -0.480 e. The Morgan fingerprint density at radius 2 is 2.05 bits per heavy atom. The van der Waals surface area contributed by atoms with Crippen LogP contribution in [0.4, 0.5) is 4.39 Å². The van der Waals surface area contributed by atoms with Gasteiger partial charge in [-0.2, -0.15) is 0 Å². The van der Waals surface area contributed by atoms with Gasteiger partial charge in [0, 0.05) is 12.0 Å². The van der Waals surface area contributed by atoms with Gasteiger partial charge in [-0.3, -0.25) is 4.79 Å². The number of nitrogens with one attached hydrogen (secondary N) is 1. The lowest BCUT2D eigenvalue weighted by Crippen LogP contribution is -2.48. The zero-order valence-electron chi connectivity index (χ0n) is 10.9. The maximum Gasteiger partial charge on any atom is 0.326 e. The van der Waals surface area contributed by atoms with Crippen molar-refractivity contribution in [3.63, 3.8) is 0 Å². The van der Waals surface area contributed by atoms with Gasteiger partial charge in [0.05, 0.1) is 24.3 Å². The molecule has 1 atom stereocenters.